The highest BCUT2D eigenvalue weighted by Crippen LogP contribution is 2.39. The van der Waals surface area contributed by atoms with Crippen molar-refractivity contribution in [3.05, 3.63) is 49.0 Å². The summed E-state index contributed by atoms with van der Waals surface area (Å²) in [4.78, 5) is 1.15. The Kier molecular flexibility index (Phi) is 5.13. The van der Waals surface area contributed by atoms with Crippen LogP contribution < -0.4 is 4.74 Å². The van der Waals surface area contributed by atoms with Crippen LogP contribution in [-0.4, -0.2) is 7.11 Å². The van der Waals surface area contributed by atoms with Crippen LogP contribution in [0.1, 0.15) is 15.8 Å². The number of rotatable bonds is 4. The van der Waals surface area contributed by atoms with E-state index in [1.54, 1.807) is 18.4 Å². The molecule has 1 aromatic heterocycles. The van der Waals surface area contributed by atoms with Gasteiger partial charge in [0.05, 0.1) is 16.3 Å². The van der Waals surface area contributed by atoms with E-state index in [9.17, 15) is 0 Å². The molecule has 0 spiro atoms. The average molecular weight is 411 g/mol. The Morgan fingerprint density at radius 3 is 2.72 bits per heavy atom. The predicted octanol–water partition coefficient (Wildman–Crippen LogP) is 5.80. The summed E-state index contributed by atoms with van der Waals surface area (Å²) in [7, 11) is 1.67. The Hall–Kier alpha value is -0.0300. The lowest BCUT2D eigenvalue weighted by molar-refractivity contribution is 0.414. The van der Waals surface area contributed by atoms with Gasteiger partial charge in [-0.15, -0.1) is 22.9 Å². The second-order valence-corrected chi connectivity index (χ2v) is 7.58. The van der Waals surface area contributed by atoms with E-state index in [4.69, 9.17) is 16.3 Å². The molecule has 1 aromatic carbocycles. The second-order valence-electron chi connectivity index (χ2n) is 3.79. The molecule has 1 unspecified atom stereocenters. The van der Waals surface area contributed by atoms with Crippen molar-refractivity contribution in [2.24, 2.45) is 0 Å². The molecule has 0 saturated carbocycles. The summed E-state index contributed by atoms with van der Waals surface area (Å²) >= 11 is 15.1. The third kappa shape index (κ3) is 3.50. The van der Waals surface area contributed by atoms with Crippen LogP contribution in [0.5, 0.6) is 5.75 Å². The van der Waals surface area contributed by atoms with E-state index in [0.29, 0.717) is 0 Å². The van der Waals surface area contributed by atoms with Gasteiger partial charge in [0.15, 0.2) is 0 Å². The summed E-state index contributed by atoms with van der Waals surface area (Å²) in [5.41, 5.74) is 1.18. The van der Waals surface area contributed by atoms with E-state index in [2.05, 4.69) is 44.0 Å². The van der Waals surface area contributed by atoms with Crippen LogP contribution in [-0.2, 0) is 6.42 Å². The number of hydrogen-bond acceptors (Lipinski definition) is 2. The Balaban J connectivity index is 2.13. The first kappa shape index (κ1) is 14.4. The van der Waals surface area contributed by atoms with Gasteiger partial charge in [-0.1, -0.05) is 12.1 Å². The number of hydrogen-bond donors (Lipinski definition) is 0. The van der Waals surface area contributed by atoms with Gasteiger partial charge in [0.2, 0.25) is 0 Å². The molecule has 0 bridgehead atoms. The zero-order valence-electron chi connectivity index (χ0n) is 9.62. The highest BCUT2D eigenvalue weighted by molar-refractivity contribution is 9.13. The third-order valence-corrected chi connectivity index (χ3v) is 6.41. The van der Waals surface area contributed by atoms with Crippen LogP contribution in [0.15, 0.2) is 38.6 Å². The summed E-state index contributed by atoms with van der Waals surface area (Å²) in [5.74, 6) is 0.866. The number of halogens is 3. The first-order valence-corrected chi connectivity index (χ1v) is 8.15. The standard InChI is InChI=1S/C13H11Br2ClOS/c1-17-9-4-2-3-8(5-9)6-11(16)12-7-10(14)13(15)18-12/h2-5,7,11H,6H2,1H3. The molecule has 0 radical (unpaired) electrons. The molecule has 1 heterocycles. The molecule has 96 valence electrons. The molecule has 2 aromatic rings. The van der Waals surface area contributed by atoms with Crippen LogP contribution in [0.25, 0.3) is 0 Å². The molecule has 5 heteroatoms. The lowest BCUT2D eigenvalue weighted by Gasteiger charge is -2.08. The van der Waals surface area contributed by atoms with E-state index < -0.39 is 0 Å². The van der Waals surface area contributed by atoms with Crippen molar-refractivity contribution in [2.45, 2.75) is 11.8 Å². The zero-order valence-corrected chi connectivity index (χ0v) is 14.4. The topological polar surface area (TPSA) is 9.23 Å². The normalized spacial score (nSPS) is 12.4. The SMILES string of the molecule is COc1cccc(CC(Cl)c2cc(Br)c(Br)s2)c1. The third-order valence-electron chi connectivity index (χ3n) is 2.52. The Labute approximate surface area is 132 Å². The smallest absolute Gasteiger partial charge is 0.119 e. The maximum atomic E-state index is 6.45. The highest BCUT2D eigenvalue weighted by atomic mass is 79.9. The van der Waals surface area contributed by atoms with Crippen molar-refractivity contribution >= 4 is 54.8 Å². The molecule has 1 atom stereocenters. The van der Waals surface area contributed by atoms with Crippen molar-refractivity contribution in [1.82, 2.24) is 0 Å². The Morgan fingerprint density at radius 1 is 1.33 bits per heavy atom. The maximum Gasteiger partial charge on any atom is 0.119 e. The Morgan fingerprint density at radius 2 is 2.11 bits per heavy atom. The molecule has 2 rings (SSSR count). The van der Waals surface area contributed by atoms with Gasteiger partial charge in [-0.25, -0.2) is 0 Å². The van der Waals surface area contributed by atoms with Crippen molar-refractivity contribution in [3.8, 4) is 5.75 Å². The molecule has 0 aliphatic heterocycles. The van der Waals surface area contributed by atoms with Crippen molar-refractivity contribution in [3.63, 3.8) is 0 Å². The summed E-state index contributed by atoms with van der Waals surface area (Å²) < 4.78 is 7.34. The van der Waals surface area contributed by atoms with Gasteiger partial charge in [0, 0.05) is 9.35 Å². The van der Waals surface area contributed by atoms with Gasteiger partial charge in [-0.05, 0) is 62.0 Å². The van der Waals surface area contributed by atoms with E-state index in [-0.39, 0.29) is 5.38 Å². The van der Waals surface area contributed by atoms with Crippen molar-refractivity contribution < 1.29 is 4.74 Å². The highest BCUT2D eigenvalue weighted by Gasteiger charge is 2.14. The number of thiophene rings is 1. The lowest BCUT2D eigenvalue weighted by Crippen LogP contribution is -1.94. The molecular formula is C13H11Br2ClOS. The van der Waals surface area contributed by atoms with Crippen molar-refractivity contribution in [2.75, 3.05) is 7.11 Å². The molecule has 18 heavy (non-hydrogen) atoms. The van der Waals surface area contributed by atoms with E-state index in [0.717, 1.165) is 25.3 Å². The van der Waals surface area contributed by atoms with Crippen LogP contribution in [0, 0.1) is 0 Å². The van der Waals surface area contributed by atoms with E-state index in [1.165, 1.54) is 5.56 Å². The number of alkyl halides is 1. The number of ether oxygens (including phenoxy) is 1. The molecule has 0 fully saturated rings. The fraction of sp³-hybridized carbons (Fsp3) is 0.231. The zero-order chi connectivity index (χ0) is 13.1. The first-order valence-electron chi connectivity index (χ1n) is 5.32. The van der Waals surface area contributed by atoms with E-state index in [1.807, 2.05) is 18.2 Å². The second kappa shape index (κ2) is 6.42. The van der Waals surface area contributed by atoms with E-state index >= 15 is 0 Å². The minimum Gasteiger partial charge on any atom is -0.497 e. The summed E-state index contributed by atoms with van der Waals surface area (Å²) in [6.07, 6.45) is 0.790. The molecular weight excluding hydrogens is 399 g/mol. The van der Waals surface area contributed by atoms with Crippen LogP contribution >= 0.6 is 54.8 Å². The first-order chi connectivity index (χ1) is 8.60. The van der Waals surface area contributed by atoms with Gasteiger partial charge in [-0.3, -0.25) is 0 Å². The van der Waals surface area contributed by atoms with Gasteiger partial charge >= 0.3 is 0 Å². The van der Waals surface area contributed by atoms with Gasteiger partial charge in [0.1, 0.15) is 5.75 Å². The minimum absolute atomic E-state index is 0.0234. The fourth-order valence-electron chi connectivity index (χ4n) is 1.62. The van der Waals surface area contributed by atoms with Crippen LogP contribution in [0.4, 0.5) is 0 Å². The Bertz CT molecular complexity index is 522. The monoisotopic (exact) mass is 408 g/mol. The minimum atomic E-state index is -0.0234. The summed E-state index contributed by atoms with van der Waals surface area (Å²) in [6, 6.07) is 10.1. The molecule has 0 saturated heterocycles. The molecule has 0 N–H and O–H groups in total. The molecule has 0 amide bonds. The van der Waals surface area contributed by atoms with Gasteiger partial charge in [0.25, 0.3) is 0 Å². The molecule has 0 aliphatic rings. The largest absolute Gasteiger partial charge is 0.497 e. The maximum absolute atomic E-state index is 6.45. The summed E-state index contributed by atoms with van der Waals surface area (Å²) in [5, 5.41) is -0.0234. The van der Waals surface area contributed by atoms with Gasteiger partial charge in [-0.2, -0.15) is 0 Å². The van der Waals surface area contributed by atoms with Gasteiger partial charge < -0.3 is 4.74 Å². The fourth-order valence-corrected chi connectivity index (χ4v) is 4.07. The number of benzene rings is 1. The van der Waals surface area contributed by atoms with Crippen LogP contribution in [0.2, 0.25) is 0 Å². The van der Waals surface area contributed by atoms with Crippen LogP contribution in [0.3, 0.4) is 0 Å². The molecule has 0 aliphatic carbocycles. The van der Waals surface area contributed by atoms with Crippen molar-refractivity contribution in [1.29, 1.82) is 0 Å². The lowest BCUT2D eigenvalue weighted by atomic mass is 10.1. The quantitative estimate of drug-likeness (QED) is 0.579. The average Bonchev–Trinajstić information content (AvgIpc) is 2.70. The molecule has 1 nitrogen and oxygen atoms in total. The summed E-state index contributed by atoms with van der Waals surface area (Å²) in [6.45, 7) is 0. The number of methoxy groups -OCH3 is 1. The predicted molar refractivity (Wildman–Crippen MR) is 85.0 cm³/mol.